The molecule has 1 aliphatic rings. The molecule has 5 heteroatoms. The maximum absolute atomic E-state index is 4.83. The molecular weight excluding hydrogens is 322 g/mol. The molecule has 0 bridgehead atoms. The zero-order chi connectivity index (χ0) is 17.6. The third kappa shape index (κ3) is 4.24. The molecule has 1 fully saturated rings. The molecule has 0 aliphatic carbocycles. The Hall–Kier alpha value is -2.79. The van der Waals surface area contributed by atoms with Gasteiger partial charge in [0.05, 0.1) is 6.20 Å². The lowest BCUT2D eigenvalue weighted by molar-refractivity contribution is 0.198. The number of rotatable bonds is 5. The lowest BCUT2D eigenvalue weighted by Gasteiger charge is -2.32. The Morgan fingerprint density at radius 1 is 1.00 bits per heavy atom. The summed E-state index contributed by atoms with van der Waals surface area (Å²) in [6.07, 6.45) is 7.44. The smallest absolute Gasteiger partial charge is 0.150 e. The fourth-order valence-corrected chi connectivity index (χ4v) is 3.53. The van der Waals surface area contributed by atoms with Gasteiger partial charge in [0.25, 0.3) is 0 Å². The molecule has 0 radical (unpaired) electrons. The van der Waals surface area contributed by atoms with Crippen molar-refractivity contribution >= 4 is 11.6 Å². The molecule has 1 atom stereocenters. The Morgan fingerprint density at radius 2 is 1.92 bits per heavy atom. The summed E-state index contributed by atoms with van der Waals surface area (Å²) in [5.74, 6) is 2.01. The van der Waals surface area contributed by atoms with Crippen LogP contribution < -0.4 is 5.32 Å². The third-order valence-electron chi connectivity index (χ3n) is 4.76. The van der Waals surface area contributed by atoms with E-state index in [1.165, 1.54) is 18.4 Å². The van der Waals surface area contributed by atoms with Gasteiger partial charge in [-0.1, -0.05) is 36.4 Å². The van der Waals surface area contributed by atoms with Crippen LogP contribution >= 0.6 is 0 Å². The number of anilines is 2. The highest BCUT2D eigenvalue weighted by molar-refractivity contribution is 5.50. The SMILES string of the molecule is c1ccc(CN2CCC[C@H](c3cccc(Nc4cnccn4)n3)C2)cc1. The number of nitrogens with zero attached hydrogens (tertiary/aromatic N) is 4. The van der Waals surface area contributed by atoms with E-state index < -0.39 is 0 Å². The van der Waals surface area contributed by atoms with Gasteiger partial charge >= 0.3 is 0 Å². The summed E-state index contributed by atoms with van der Waals surface area (Å²) < 4.78 is 0. The van der Waals surface area contributed by atoms with Crippen LogP contribution in [0.4, 0.5) is 11.6 Å². The molecule has 3 aromatic rings. The minimum Gasteiger partial charge on any atom is -0.324 e. The molecule has 0 amide bonds. The molecule has 4 rings (SSSR count). The molecular formula is C21H23N5. The number of hydrogen-bond donors (Lipinski definition) is 1. The number of piperidine rings is 1. The van der Waals surface area contributed by atoms with Crippen LogP contribution in [0.5, 0.6) is 0 Å². The summed E-state index contributed by atoms with van der Waals surface area (Å²) >= 11 is 0. The average Bonchev–Trinajstić information content (AvgIpc) is 2.70. The molecule has 26 heavy (non-hydrogen) atoms. The molecule has 2 aromatic heterocycles. The minimum atomic E-state index is 0.469. The van der Waals surface area contributed by atoms with E-state index in [-0.39, 0.29) is 0 Å². The highest BCUT2D eigenvalue weighted by atomic mass is 15.1. The lowest BCUT2D eigenvalue weighted by atomic mass is 9.94. The fourth-order valence-electron chi connectivity index (χ4n) is 3.53. The number of likely N-dealkylation sites (tertiary alicyclic amines) is 1. The number of aromatic nitrogens is 3. The average molecular weight is 345 g/mol. The standard InChI is InChI=1S/C21H23N5/c1-2-6-17(7-3-1)15-26-13-5-8-18(16-26)19-9-4-10-20(24-19)25-21-14-22-11-12-23-21/h1-4,6-7,9-12,14,18H,5,8,13,15-16H2,(H,23,24,25)/t18-/m0/s1. The normalized spacial score (nSPS) is 17.8. The number of nitrogens with one attached hydrogen (secondary N) is 1. The Balaban J connectivity index is 1.44. The molecule has 1 aromatic carbocycles. The van der Waals surface area contributed by atoms with Crippen molar-refractivity contribution in [3.05, 3.63) is 78.4 Å². The maximum atomic E-state index is 4.83. The van der Waals surface area contributed by atoms with Gasteiger partial charge in [0.1, 0.15) is 11.6 Å². The molecule has 1 aliphatic heterocycles. The van der Waals surface area contributed by atoms with Gasteiger partial charge in [-0.2, -0.15) is 0 Å². The van der Waals surface area contributed by atoms with E-state index in [4.69, 9.17) is 4.98 Å². The summed E-state index contributed by atoms with van der Waals surface area (Å²) in [6, 6.07) is 16.9. The van der Waals surface area contributed by atoms with E-state index in [9.17, 15) is 0 Å². The van der Waals surface area contributed by atoms with E-state index in [1.54, 1.807) is 18.6 Å². The van der Waals surface area contributed by atoms with Crippen molar-refractivity contribution in [3.63, 3.8) is 0 Å². The number of benzene rings is 1. The Labute approximate surface area is 154 Å². The van der Waals surface area contributed by atoms with Gasteiger partial charge in [-0.3, -0.25) is 9.88 Å². The highest BCUT2D eigenvalue weighted by Gasteiger charge is 2.22. The second kappa shape index (κ2) is 8.06. The largest absolute Gasteiger partial charge is 0.324 e. The van der Waals surface area contributed by atoms with Crippen molar-refractivity contribution in [1.82, 2.24) is 19.9 Å². The summed E-state index contributed by atoms with van der Waals surface area (Å²) in [7, 11) is 0. The van der Waals surface area contributed by atoms with E-state index >= 15 is 0 Å². The summed E-state index contributed by atoms with van der Waals surface area (Å²) in [5, 5.41) is 3.24. The Bertz CT molecular complexity index is 822. The highest BCUT2D eigenvalue weighted by Crippen LogP contribution is 2.27. The van der Waals surface area contributed by atoms with Gasteiger partial charge < -0.3 is 5.32 Å². The van der Waals surface area contributed by atoms with Gasteiger partial charge in [0.15, 0.2) is 0 Å². The second-order valence-corrected chi connectivity index (χ2v) is 6.72. The Kier molecular flexibility index (Phi) is 5.17. The van der Waals surface area contributed by atoms with Crippen LogP contribution in [-0.2, 0) is 6.54 Å². The van der Waals surface area contributed by atoms with Crippen molar-refractivity contribution in [2.75, 3.05) is 18.4 Å². The quantitative estimate of drug-likeness (QED) is 0.757. The van der Waals surface area contributed by atoms with E-state index in [0.29, 0.717) is 11.7 Å². The van der Waals surface area contributed by atoms with Gasteiger partial charge in [-0.25, -0.2) is 9.97 Å². The molecule has 132 valence electrons. The van der Waals surface area contributed by atoms with Crippen molar-refractivity contribution in [1.29, 1.82) is 0 Å². The van der Waals surface area contributed by atoms with Crippen LogP contribution in [0, 0.1) is 0 Å². The molecule has 1 saturated heterocycles. The Morgan fingerprint density at radius 3 is 2.77 bits per heavy atom. The summed E-state index contributed by atoms with van der Waals surface area (Å²) in [5.41, 5.74) is 2.52. The van der Waals surface area contributed by atoms with Gasteiger partial charge in [0, 0.05) is 37.1 Å². The van der Waals surface area contributed by atoms with Crippen molar-refractivity contribution in [3.8, 4) is 0 Å². The predicted molar refractivity (Wildman–Crippen MR) is 103 cm³/mol. The molecule has 1 N–H and O–H groups in total. The molecule has 0 saturated carbocycles. The zero-order valence-corrected chi connectivity index (χ0v) is 14.8. The van der Waals surface area contributed by atoms with E-state index in [1.807, 2.05) is 6.07 Å². The van der Waals surface area contributed by atoms with E-state index in [0.717, 1.165) is 31.1 Å². The first-order valence-corrected chi connectivity index (χ1v) is 9.13. The minimum absolute atomic E-state index is 0.469. The van der Waals surface area contributed by atoms with Crippen molar-refractivity contribution in [2.45, 2.75) is 25.3 Å². The monoisotopic (exact) mass is 345 g/mol. The number of hydrogen-bond acceptors (Lipinski definition) is 5. The molecule has 3 heterocycles. The second-order valence-electron chi connectivity index (χ2n) is 6.72. The van der Waals surface area contributed by atoms with Crippen LogP contribution in [0.15, 0.2) is 67.1 Å². The van der Waals surface area contributed by atoms with Gasteiger partial charge in [0.2, 0.25) is 0 Å². The lowest BCUT2D eigenvalue weighted by Crippen LogP contribution is -2.34. The predicted octanol–water partition coefficient (Wildman–Crippen LogP) is 3.99. The summed E-state index contributed by atoms with van der Waals surface area (Å²) in [4.78, 5) is 15.7. The zero-order valence-electron chi connectivity index (χ0n) is 14.8. The maximum Gasteiger partial charge on any atom is 0.150 e. The molecule has 5 nitrogen and oxygen atoms in total. The van der Waals surface area contributed by atoms with Crippen LogP contribution in [0.2, 0.25) is 0 Å². The van der Waals surface area contributed by atoms with Crippen molar-refractivity contribution in [2.24, 2.45) is 0 Å². The third-order valence-corrected chi connectivity index (χ3v) is 4.76. The number of pyridine rings is 1. The van der Waals surface area contributed by atoms with Gasteiger partial charge in [-0.15, -0.1) is 0 Å². The first-order chi connectivity index (χ1) is 12.9. The first kappa shape index (κ1) is 16.7. The van der Waals surface area contributed by atoms with Crippen molar-refractivity contribution < 1.29 is 0 Å². The van der Waals surface area contributed by atoms with Crippen LogP contribution in [0.3, 0.4) is 0 Å². The molecule has 0 unspecified atom stereocenters. The molecule has 0 spiro atoms. The fraction of sp³-hybridized carbons (Fsp3) is 0.286. The van der Waals surface area contributed by atoms with Crippen LogP contribution in [-0.4, -0.2) is 32.9 Å². The first-order valence-electron chi connectivity index (χ1n) is 9.13. The summed E-state index contributed by atoms with van der Waals surface area (Å²) in [6.45, 7) is 3.22. The van der Waals surface area contributed by atoms with E-state index in [2.05, 4.69) is 62.6 Å². The van der Waals surface area contributed by atoms with Crippen LogP contribution in [0.1, 0.15) is 30.0 Å². The topological polar surface area (TPSA) is 53.9 Å². The van der Waals surface area contributed by atoms with Crippen LogP contribution in [0.25, 0.3) is 0 Å². The van der Waals surface area contributed by atoms with Gasteiger partial charge in [-0.05, 0) is 37.1 Å².